The third-order valence-corrected chi connectivity index (χ3v) is 9.66. The number of sulfonamides is 2. The second-order valence-electron chi connectivity index (χ2n) is 7.49. The zero-order chi connectivity index (χ0) is 20.8. The van der Waals surface area contributed by atoms with Gasteiger partial charge < -0.3 is 0 Å². The van der Waals surface area contributed by atoms with E-state index < -0.39 is 20.0 Å². The summed E-state index contributed by atoms with van der Waals surface area (Å²) in [6.07, 6.45) is 3.26. The fourth-order valence-corrected chi connectivity index (χ4v) is 7.54. The monoisotopic (exact) mass is 454 g/mol. The van der Waals surface area contributed by atoms with E-state index in [4.69, 9.17) is 11.6 Å². The van der Waals surface area contributed by atoms with Crippen LogP contribution in [0.2, 0.25) is 5.02 Å². The van der Waals surface area contributed by atoms with E-state index in [1.165, 1.54) is 20.7 Å². The molecule has 1 fully saturated rings. The smallest absolute Gasteiger partial charge is 0.264 e. The lowest BCUT2D eigenvalue weighted by molar-refractivity contribution is 0.346. The summed E-state index contributed by atoms with van der Waals surface area (Å²) in [5.41, 5.74) is 1.88. The third-order valence-electron chi connectivity index (χ3n) is 5.57. The van der Waals surface area contributed by atoms with Crippen molar-refractivity contribution in [2.75, 3.05) is 23.9 Å². The molecular weight excluding hydrogens is 432 g/mol. The number of fused-ring (bicyclic) bond motifs is 1. The Morgan fingerprint density at radius 3 is 2.31 bits per heavy atom. The predicted octanol–water partition coefficient (Wildman–Crippen LogP) is 3.57. The van der Waals surface area contributed by atoms with Gasteiger partial charge in [-0.25, -0.2) is 16.8 Å². The maximum Gasteiger partial charge on any atom is 0.264 e. The average Bonchev–Trinajstić information content (AvgIpc) is 3.14. The minimum Gasteiger partial charge on any atom is -0.266 e. The number of hydrogen-bond donors (Lipinski definition) is 0. The van der Waals surface area contributed by atoms with Crippen LogP contribution in [0.3, 0.4) is 0 Å². The Bertz CT molecular complexity index is 1160. The minimum atomic E-state index is -3.79. The van der Waals surface area contributed by atoms with Crippen molar-refractivity contribution >= 4 is 37.3 Å². The fourth-order valence-electron chi connectivity index (χ4n) is 3.98. The second kappa shape index (κ2) is 7.58. The third kappa shape index (κ3) is 3.67. The molecule has 156 valence electrons. The second-order valence-corrected chi connectivity index (χ2v) is 11.7. The molecule has 0 spiro atoms. The molecule has 0 atom stereocenters. The first kappa shape index (κ1) is 20.7. The van der Waals surface area contributed by atoms with Crippen LogP contribution in [0.25, 0.3) is 0 Å². The zero-order valence-electron chi connectivity index (χ0n) is 16.1. The summed E-state index contributed by atoms with van der Waals surface area (Å²) >= 11 is 6.02. The van der Waals surface area contributed by atoms with Crippen LogP contribution in [0.5, 0.6) is 0 Å². The lowest BCUT2D eigenvalue weighted by Crippen LogP contribution is -2.35. The molecule has 6 nitrogen and oxygen atoms in total. The first-order valence-electron chi connectivity index (χ1n) is 9.63. The first-order valence-corrected chi connectivity index (χ1v) is 12.9. The van der Waals surface area contributed by atoms with Crippen LogP contribution in [0.4, 0.5) is 5.69 Å². The molecule has 0 bridgehead atoms. The number of hydrogen-bond acceptors (Lipinski definition) is 4. The van der Waals surface area contributed by atoms with E-state index in [0.29, 0.717) is 35.8 Å². The molecule has 0 radical (unpaired) electrons. The molecule has 1 saturated heterocycles. The van der Waals surface area contributed by atoms with E-state index in [1.54, 1.807) is 31.2 Å². The number of piperidine rings is 1. The van der Waals surface area contributed by atoms with Gasteiger partial charge in [-0.05, 0) is 67.6 Å². The molecule has 2 aromatic rings. The molecule has 9 heteroatoms. The van der Waals surface area contributed by atoms with Crippen LogP contribution in [0.15, 0.2) is 46.2 Å². The number of anilines is 1. The molecule has 0 amide bonds. The molecule has 2 aromatic carbocycles. The number of benzene rings is 2. The molecule has 4 rings (SSSR count). The van der Waals surface area contributed by atoms with Gasteiger partial charge >= 0.3 is 0 Å². The molecule has 2 aliphatic rings. The van der Waals surface area contributed by atoms with E-state index in [-0.39, 0.29) is 16.3 Å². The van der Waals surface area contributed by atoms with Gasteiger partial charge in [0.25, 0.3) is 10.0 Å². The van der Waals surface area contributed by atoms with Gasteiger partial charge in [0.2, 0.25) is 10.0 Å². The van der Waals surface area contributed by atoms with E-state index in [2.05, 4.69) is 0 Å². The molecule has 0 N–H and O–H groups in total. The van der Waals surface area contributed by atoms with Gasteiger partial charge in [-0.15, -0.1) is 0 Å². The van der Waals surface area contributed by atoms with Crippen LogP contribution in [-0.4, -0.2) is 40.8 Å². The van der Waals surface area contributed by atoms with Crippen molar-refractivity contribution in [2.24, 2.45) is 0 Å². The molecule has 0 unspecified atom stereocenters. The first-order chi connectivity index (χ1) is 13.7. The normalized spacial score (nSPS) is 18.1. The van der Waals surface area contributed by atoms with Gasteiger partial charge in [0.1, 0.15) is 0 Å². The SMILES string of the molecule is Cc1ccc(Cl)cc1S(=O)(=O)N1CCc2cc(S(=O)(=O)N3CCCCC3)ccc21. The summed E-state index contributed by atoms with van der Waals surface area (Å²) < 4.78 is 55.2. The van der Waals surface area contributed by atoms with Crippen molar-refractivity contribution in [3.8, 4) is 0 Å². The van der Waals surface area contributed by atoms with Gasteiger partial charge in [-0.3, -0.25) is 4.31 Å². The lowest BCUT2D eigenvalue weighted by atomic mass is 10.2. The Balaban J connectivity index is 1.69. The van der Waals surface area contributed by atoms with Gasteiger partial charge in [0.15, 0.2) is 0 Å². The Morgan fingerprint density at radius 1 is 0.862 bits per heavy atom. The summed E-state index contributed by atoms with van der Waals surface area (Å²) in [5, 5.41) is 0.358. The number of rotatable bonds is 4. The van der Waals surface area contributed by atoms with Crippen molar-refractivity contribution in [3.63, 3.8) is 0 Å². The largest absolute Gasteiger partial charge is 0.266 e. The number of aryl methyl sites for hydroxylation is 1. The van der Waals surface area contributed by atoms with Gasteiger partial charge in [-0.1, -0.05) is 24.1 Å². The Kier molecular flexibility index (Phi) is 5.40. The van der Waals surface area contributed by atoms with Crippen LogP contribution in [-0.2, 0) is 26.5 Å². The van der Waals surface area contributed by atoms with Crippen LogP contribution >= 0.6 is 11.6 Å². The highest BCUT2D eigenvalue weighted by Crippen LogP contribution is 2.36. The maximum atomic E-state index is 13.2. The number of halogens is 1. The van der Waals surface area contributed by atoms with E-state index in [0.717, 1.165) is 24.8 Å². The zero-order valence-corrected chi connectivity index (χ0v) is 18.5. The predicted molar refractivity (Wildman–Crippen MR) is 113 cm³/mol. The fraction of sp³-hybridized carbons (Fsp3) is 0.400. The van der Waals surface area contributed by atoms with Gasteiger partial charge in [-0.2, -0.15) is 4.31 Å². The summed E-state index contributed by atoms with van der Waals surface area (Å²) in [5.74, 6) is 0. The Hall–Kier alpha value is -1.61. The van der Waals surface area contributed by atoms with E-state index in [1.807, 2.05) is 0 Å². The lowest BCUT2D eigenvalue weighted by Gasteiger charge is -2.26. The highest BCUT2D eigenvalue weighted by molar-refractivity contribution is 7.93. The maximum absolute atomic E-state index is 13.2. The Labute approximate surface area is 177 Å². The number of nitrogens with zero attached hydrogens (tertiary/aromatic N) is 2. The molecule has 29 heavy (non-hydrogen) atoms. The minimum absolute atomic E-state index is 0.169. The summed E-state index contributed by atoms with van der Waals surface area (Å²) in [4.78, 5) is 0.402. The molecule has 0 aromatic heterocycles. The highest BCUT2D eigenvalue weighted by Gasteiger charge is 2.34. The molecule has 2 aliphatic heterocycles. The van der Waals surface area contributed by atoms with Gasteiger partial charge in [0, 0.05) is 24.7 Å². The average molecular weight is 455 g/mol. The van der Waals surface area contributed by atoms with Crippen molar-refractivity contribution < 1.29 is 16.8 Å². The molecular formula is C20H23ClN2O4S2. The van der Waals surface area contributed by atoms with Crippen molar-refractivity contribution in [3.05, 3.63) is 52.5 Å². The summed E-state index contributed by atoms with van der Waals surface area (Å²) in [6, 6.07) is 9.54. The van der Waals surface area contributed by atoms with Crippen molar-refractivity contribution in [2.45, 2.75) is 42.4 Å². The summed E-state index contributed by atoms with van der Waals surface area (Å²) in [6.45, 7) is 3.08. The van der Waals surface area contributed by atoms with Crippen LogP contribution in [0, 0.1) is 6.92 Å². The van der Waals surface area contributed by atoms with Crippen molar-refractivity contribution in [1.82, 2.24) is 4.31 Å². The quantitative estimate of drug-likeness (QED) is 0.707. The topological polar surface area (TPSA) is 74.8 Å². The van der Waals surface area contributed by atoms with Crippen LogP contribution in [0.1, 0.15) is 30.4 Å². The van der Waals surface area contributed by atoms with Gasteiger partial charge in [0.05, 0.1) is 15.5 Å². The van der Waals surface area contributed by atoms with Crippen molar-refractivity contribution in [1.29, 1.82) is 0 Å². The van der Waals surface area contributed by atoms with Crippen LogP contribution < -0.4 is 4.31 Å². The van der Waals surface area contributed by atoms with E-state index in [9.17, 15) is 16.8 Å². The molecule has 2 heterocycles. The summed E-state index contributed by atoms with van der Waals surface area (Å²) in [7, 11) is -7.34. The molecule has 0 saturated carbocycles. The van der Waals surface area contributed by atoms with E-state index >= 15 is 0 Å². The highest BCUT2D eigenvalue weighted by atomic mass is 35.5. The Morgan fingerprint density at radius 2 is 1.59 bits per heavy atom. The molecule has 0 aliphatic carbocycles. The standard InChI is InChI=1S/C20H23ClN2O4S2/c1-15-5-6-17(21)14-20(15)29(26,27)23-12-9-16-13-18(7-8-19(16)23)28(24,25)22-10-3-2-4-11-22/h5-8,13-14H,2-4,9-12H2,1H3.